The van der Waals surface area contributed by atoms with Crippen LogP contribution in [0.5, 0.6) is 0 Å². The average Bonchev–Trinajstić information content (AvgIpc) is 1.97. The Morgan fingerprint density at radius 1 is 1.55 bits per heavy atom. The summed E-state index contributed by atoms with van der Waals surface area (Å²) in [6.07, 6.45) is 0.821. The molecule has 0 bridgehead atoms. The second-order valence-corrected chi connectivity index (χ2v) is 3.56. The smallest absolute Gasteiger partial charge is 0.0961 e. The molecule has 1 heterocycles. The van der Waals surface area contributed by atoms with Crippen LogP contribution in [-0.2, 0) is 0 Å². The Morgan fingerprint density at radius 3 is 2.64 bits per heavy atom. The first kappa shape index (κ1) is 8.53. The van der Waals surface area contributed by atoms with E-state index < -0.39 is 0 Å². The largest absolute Gasteiger partial charge is 0.359 e. The maximum atomic E-state index is 7.62. The number of nitrogens with one attached hydrogen (secondary N) is 1. The summed E-state index contributed by atoms with van der Waals surface area (Å²) in [5.41, 5.74) is 5.94. The van der Waals surface area contributed by atoms with Crippen molar-refractivity contribution < 1.29 is 0 Å². The highest BCUT2D eigenvalue weighted by Gasteiger charge is 2.30. The monoisotopic (exact) mass is 155 g/mol. The standard InChI is InChI=1S/C8H17N3/c1-5-4-7(9)11(3)6(2)8(5)10/h5-6,8-9H,4,10H2,1-3H3. The maximum absolute atomic E-state index is 7.62. The third-order valence-electron chi connectivity index (χ3n) is 2.77. The summed E-state index contributed by atoms with van der Waals surface area (Å²) in [7, 11) is 1.94. The van der Waals surface area contributed by atoms with Gasteiger partial charge in [0.05, 0.1) is 5.84 Å². The van der Waals surface area contributed by atoms with Crippen molar-refractivity contribution in [3.05, 3.63) is 0 Å². The van der Waals surface area contributed by atoms with E-state index in [4.69, 9.17) is 11.1 Å². The molecule has 0 saturated carbocycles. The molecule has 0 aromatic heterocycles. The first-order chi connectivity index (χ1) is 5.04. The van der Waals surface area contributed by atoms with Gasteiger partial charge >= 0.3 is 0 Å². The molecule has 0 aromatic rings. The van der Waals surface area contributed by atoms with E-state index in [1.807, 2.05) is 11.9 Å². The molecule has 0 aromatic carbocycles. The Morgan fingerprint density at radius 2 is 2.09 bits per heavy atom. The molecular formula is C8H17N3. The van der Waals surface area contributed by atoms with Gasteiger partial charge in [0.15, 0.2) is 0 Å². The van der Waals surface area contributed by atoms with Gasteiger partial charge < -0.3 is 10.6 Å². The van der Waals surface area contributed by atoms with Gasteiger partial charge in [0.1, 0.15) is 0 Å². The number of likely N-dealkylation sites (tertiary alicyclic amines) is 1. The lowest BCUT2D eigenvalue weighted by Gasteiger charge is -2.40. The summed E-state index contributed by atoms with van der Waals surface area (Å²) in [4.78, 5) is 1.96. The fourth-order valence-corrected chi connectivity index (χ4v) is 1.56. The molecule has 1 saturated heterocycles. The minimum absolute atomic E-state index is 0.217. The van der Waals surface area contributed by atoms with Crippen LogP contribution < -0.4 is 5.73 Å². The molecule has 3 N–H and O–H groups in total. The fourth-order valence-electron chi connectivity index (χ4n) is 1.56. The van der Waals surface area contributed by atoms with Crippen LogP contribution in [0.4, 0.5) is 0 Å². The van der Waals surface area contributed by atoms with E-state index in [0.29, 0.717) is 17.8 Å². The zero-order chi connectivity index (χ0) is 8.59. The van der Waals surface area contributed by atoms with E-state index in [0.717, 1.165) is 6.42 Å². The molecule has 0 aliphatic carbocycles. The molecule has 11 heavy (non-hydrogen) atoms. The minimum atomic E-state index is 0.217. The number of amidine groups is 1. The van der Waals surface area contributed by atoms with Crippen LogP contribution in [-0.4, -0.2) is 29.9 Å². The summed E-state index contributed by atoms with van der Waals surface area (Å²) in [5, 5.41) is 7.62. The molecule has 3 nitrogen and oxygen atoms in total. The summed E-state index contributed by atoms with van der Waals surface area (Å²) < 4.78 is 0. The number of nitrogens with two attached hydrogens (primary N) is 1. The van der Waals surface area contributed by atoms with Crippen LogP contribution in [0.15, 0.2) is 0 Å². The number of hydrogen-bond acceptors (Lipinski definition) is 2. The van der Waals surface area contributed by atoms with Gasteiger partial charge in [0, 0.05) is 25.6 Å². The van der Waals surface area contributed by atoms with Crippen molar-refractivity contribution in [2.24, 2.45) is 11.7 Å². The predicted octanol–water partition coefficient (Wildman–Crippen LogP) is 0.651. The Kier molecular flexibility index (Phi) is 2.18. The molecule has 1 fully saturated rings. The molecule has 0 amide bonds. The number of likely N-dealkylation sites (N-methyl/N-ethyl adjacent to an activating group) is 1. The molecule has 3 heteroatoms. The summed E-state index contributed by atoms with van der Waals surface area (Å²) in [6, 6.07) is 0.528. The van der Waals surface area contributed by atoms with Crippen molar-refractivity contribution in [2.45, 2.75) is 32.4 Å². The second kappa shape index (κ2) is 2.81. The van der Waals surface area contributed by atoms with Crippen LogP contribution in [0.2, 0.25) is 0 Å². The zero-order valence-corrected chi connectivity index (χ0v) is 7.46. The average molecular weight is 155 g/mol. The Labute approximate surface area is 68.1 Å². The predicted molar refractivity (Wildman–Crippen MR) is 46.7 cm³/mol. The first-order valence-corrected chi connectivity index (χ1v) is 4.10. The van der Waals surface area contributed by atoms with E-state index in [1.165, 1.54) is 0 Å². The Hall–Kier alpha value is -0.570. The third-order valence-corrected chi connectivity index (χ3v) is 2.77. The molecule has 1 aliphatic rings. The first-order valence-electron chi connectivity index (χ1n) is 4.10. The molecule has 1 aliphatic heterocycles. The maximum Gasteiger partial charge on any atom is 0.0961 e. The van der Waals surface area contributed by atoms with Crippen molar-refractivity contribution in [3.8, 4) is 0 Å². The highest BCUT2D eigenvalue weighted by molar-refractivity contribution is 5.80. The van der Waals surface area contributed by atoms with Gasteiger partial charge in [0.25, 0.3) is 0 Å². The Balaban J connectivity index is 2.70. The summed E-state index contributed by atoms with van der Waals surface area (Å²) >= 11 is 0. The Bertz CT molecular complexity index is 167. The van der Waals surface area contributed by atoms with E-state index in [1.54, 1.807) is 0 Å². The topological polar surface area (TPSA) is 53.1 Å². The summed E-state index contributed by atoms with van der Waals surface area (Å²) in [5.74, 6) is 1.17. The van der Waals surface area contributed by atoms with E-state index >= 15 is 0 Å². The molecule has 0 radical (unpaired) electrons. The van der Waals surface area contributed by atoms with Crippen molar-refractivity contribution >= 4 is 5.84 Å². The van der Waals surface area contributed by atoms with Gasteiger partial charge in [0.2, 0.25) is 0 Å². The number of rotatable bonds is 0. The van der Waals surface area contributed by atoms with Crippen LogP contribution in [0.3, 0.4) is 0 Å². The van der Waals surface area contributed by atoms with Crippen LogP contribution in [0.25, 0.3) is 0 Å². The normalized spacial score (nSPS) is 39.5. The molecule has 64 valence electrons. The van der Waals surface area contributed by atoms with Crippen molar-refractivity contribution in [1.29, 1.82) is 5.41 Å². The van der Waals surface area contributed by atoms with Crippen molar-refractivity contribution in [2.75, 3.05) is 7.05 Å². The molecule has 3 atom stereocenters. The van der Waals surface area contributed by atoms with E-state index in [9.17, 15) is 0 Å². The van der Waals surface area contributed by atoms with Gasteiger partial charge in [-0.1, -0.05) is 6.92 Å². The molecular weight excluding hydrogens is 138 g/mol. The summed E-state index contributed by atoms with van der Waals surface area (Å²) in [6.45, 7) is 4.19. The number of piperidine rings is 1. The van der Waals surface area contributed by atoms with Crippen molar-refractivity contribution in [1.82, 2.24) is 4.90 Å². The van der Waals surface area contributed by atoms with Gasteiger partial charge in [-0.2, -0.15) is 0 Å². The molecule has 1 rings (SSSR count). The lowest BCUT2D eigenvalue weighted by atomic mass is 9.88. The highest BCUT2D eigenvalue weighted by Crippen LogP contribution is 2.20. The lowest BCUT2D eigenvalue weighted by Crippen LogP contribution is -2.54. The second-order valence-electron chi connectivity index (χ2n) is 3.56. The van der Waals surface area contributed by atoms with Crippen LogP contribution in [0.1, 0.15) is 20.3 Å². The van der Waals surface area contributed by atoms with E-state index in [2.05, 4.69) is 13.8 Å². The highest BCUT2D eigenvalue weighted by atomic mass is 15.2. The third kappa shape index (κ3) is 1.38. The van der Waals surface area contributed by atoms with Crippen LogP contribution >= 0.6 is 0 Å². The van der Waals surface area contributed by atoms with E-state index in [-0.39, 0.29) is 6.04 Å². The quantitative estimate of drug-likeness (QED) is 0.539. The van der Waals surface area contributed by atoms with Gasteiger partial charge in [-0.15, -0.1) is 0 Å². The van der Waals surface area contributed by atoms with Gasteiger partial charge in [-0.25, -0.2) is 0 Å². The lowest BCUT2D eigenvalue weighted by molar-refractivity contribution is 0.239. The van der Waals surface area contributed by atoms with Gasteiger partial charge in [-0.3, -0.25) is 5.41 Å². The number of hydrogen-bond donors (Lipinski definition) is 2. The van der Waals surface area contributed by atoms with Gasteiger partial charge in [-0.05, 0) is 12.8 Å². The SMILES string of the molecule is CC1CC(=N)N(C)C(C)C1N. The van der Waals surface area contributed by atoms with Crippen molar-refractivity contribution in [3.63, 3.8) is 0 Å². The van der Waals surface area contributed by atoms with Crippen LogP contribution in [0, 0.1) is 11.3 Å². The minimum Gasteiger partial charge on any atom is -0.359 e. The number of nitrogens with zero attached hydrogens (tertiary/aromatic N) is 1. The molecule has 0 spiro atoms. The fraction of sp³-hybridized carbons (Fsp3) is 0.875. The molecule has 3 unspecified atom stereocenters. The zero-order valence-electron chi connectivity index (χ0n) is 7.46.